The molecule has 0 fully saturated rings. The van der Waals surface area contributed by atoms with Gasteiger partial charge in [0.15, 0.2) is 0 Å². The molecule has 5 nitrogen and oxygen atoms in total. The molecule has 1 aromatic heterocycles. The molecular formula is C13H17BrN2O3. The monoisotopic (exact) mass is 328 g/mol. The Morgan fingerprint density at radius 2 is 2.11 bits per heavy atom. The van der Waals surface area contributed by atoms with Gasteiger partial charge in [0.05, 0.1) is 0 Å². The van der Waals surface area contributed by atoms with Gasteiger partial charge < -0.3 is 10.0 Å². The zero-order valence-electron chi connectivity index (χ0n) is 11.0. The number of nitrogens with zero attached hydrogens (tertiary/aromatic N) is 2. The molecule has 19 heavy (non-hydrogen) atoms. The molecule has 0 saturated heterocycles. The number of aliphatic carboxylic acids is 1. The summed E-state index contributed by atoms with van der Waals surface area (Å²) in [5.41, 5.74) is 0.360. The highest BCUT2D eigenvalue weighted by Crippen LogP contribution is 2.11. The largest absolute Gasteiger partial charge is 0.481 e. The minimum atomic E-state index is -0.850. The fraction of sp³-hybridized carbons (Fsp3) is 0.462. The Bertz CT molecular complexity index is 463. The van der Waals surface area contributed by atoms with E-state index in [9.17, 15) is 9.59 Å². The van der Waals surface area contributed by atoms with Crippen molar-refractivity contribution in [2.75, 3.05) is 6.54 Å². The maximum atomic E-state index is 12.3. The van der Waals surface area contributed by atoms with Crippen molar-refractivity contribution >= 4 is 27.8 Å². The SMILES string of the molecule is CC(C)N(CCCC(=O)O)C(=O)c1cccc(Br)n1. The second-order valence-electron chi connectivity index (χ2n) is 4.44. The Hall–Kier alpha value is -1.43. The summed E-state index contributed by atoms with van der Waals surface area (Å²) in [6.45, 7) is 4.21. The van der Waals surface area contributed by atoms with Gasteiger partial charge in [-0.15, -0.1) is 0 Å². The van der Waals surface area contributed by atoms with Gasteiger partial charge in [-0.2, -0.15) is 0 Å². The molecule has 0 atom stereocenters. The lowest BCUT2D eigenvalue weighted by molar-refractivity contribution is -0.137. The summed E-state index contributed by atoms with van der Waals surface area (Å²) in [7, 11) is 0. The molecule has 0 bridgehead atoms. The number of carboxylic acids is 1. The predicted octanol–water partition coefficient (Wildman–Crippen LogP) is 2.56. The van der Waals surface area contributed by atoms with Crippen molar-refractivity contribution in [2.24, 2.45) is 0 Å². The average molecular weight is 329 g/mol. The van der Waals surface area contributed by atoms with Gasteiger partial charge in [-0.3, -0.25) is 9.59 Å². The zero-order valence-corrected chi connectivity index (χ0v) is 12.6. The van der Waals surface area contributed by atoms with E-state index in [-0.39, 0.29) is 18.4 Å². The summed E-state index contributed by atoms with van der Waals surface area (Å²) in [5.74, 6) is -1.03. The van der Waals surface area contributed by atoms with Crippen LogP contribution in [0, 0.1) is 0 Å². The number of halogens is 1. The van der Waals surface area contributed by atoms with Gasteiger partial charge in [0, 0.05) is 19.0 Å². The Labute approximate surface area is 120 Å². The maximum Gasteiger partial charge on any atom is 0.303 e. The number of carbonyl (C=O) groups excluding carboxylic acids is 1. The third-order valence-corrected chi connectivity index (χ3v) is 3.05. The molecule has 0 unspecified atom stereocenters. The molecule has 0 radical (unpaired) electrons. The predicted molar refractivity (Wildman–Crippen MR) is 75.0 cm³/mol. The van der Waals surface area contributed by atoms with Crippen LogP contribution in [0.25, 0.3) is 0 Å². The van der Waals surface area contributed by atoms with Crippen molar-refractivity contribution in [3.63, 3.8) is 0 Å². The lowest BCUT2D eigenvalue weighted by Crippen LogP contribution is -2.38. The first-order valence-electron chi connectivity index (χ1n) is 6.07. The van der Waals surface area contributed by atoms with Gasteiger partial charge in [0.1, 0.15) is 10.3 Å². The first kappa shape index (κ1) is 15.6. The third-order valence-electron chi connectivity index (χ3n) is 2.61. The van der Waals surface area contributed by atoms with Gasteiger partial charge in [-0.25, -0.2) is 4.98 Å². The standard InChI is InChI=1S/C13H17BrN2O3/c1-9(2)16(8-4-7-12(17)18)13(19)10-5-3-6-11(14)15-10/h3,5-6,9H,4,7-8H2,1-2H3,(H,17,18). The molecule has 1 heterocycles. The molecule has 104 valence electrons. The summed E-state index contributed by atoms with van der Waals surface area (Å²) in [6.07, 6.45) is 0.496. The highest BCUT2D eigenvalue weighted by atomic mass is 79.9. The van der Waals surface area contributed by atoms with E-state index in [0.717, 1.165) is 0 Å². The van der Waals surface area contributed by atoms with Crippen LogP contribution < -0.4 is 0 Å². The Morgan fingerprint density at radius 1 is 1.42 bits per heavy atom. The highest BCUT2D eigenvalue weighted by Gasteiger charge is 2.19. The van der Waals surface area contributed by atoms with E-state index in [1.54, 1.807) is 23.1 Å². The molecular weight excluding hydrogens is 312 g/mol. The first-order valence-corrected chi connectivity index (χ1v) is 6.86. The van der Waals surface area contributed by atoms with Crippen molar-refractivity contribution in [1.29, 1.82) is 0 Å². The van der Waals surface area contributed by atoms with Crippen molar-refractivity contribution in [3.05, 3.63) is 28.5 Å². The smallest absolute Gasteiger partial charge is 0.303 e. The molecule has 1 aromatic rings. The minimum Gasteiger partial charge on any atom is -0.481 e. The number of aromatic nitrogens is 1. The summed E-state index contributed by atoms with van der Waals surface area (Å²) in [6, 6.07) is 5.16. The molecule has 0 aliphatic heterocycles. The number of hydrogen-bond donors (Lipinski definition) is 1. The second kappa shape index (κ2) is 7.23. The molecule has 0 aliphatic carbocycles. The van der Waals surface area contributed by atoms with Gasteiger partial charge >= 0.3 is 5.97 Å². The molecule has 6 heteroatoms. The van der Waals surface area contributed by atoms with E-state index in [0.29, 0.717) is 23.3 Å². The van der Waals surface area contributed by atoms with Crippen molar-refractivity contribution in [2.45, 2.75) is 32.7 Å². The van der Waals surface area contributed by atoms with E-state index in [2.05, 4.69) is 20.9 Å². The van der Waals surface area contributed by atoms with E-state index in [4.69, 9.17) is 5.11 Å². The molecule has 1 rings (SSSR count). The highest BCUT2D eigenvalue weighted by molar-refractivity contribution is 9.10. The Balaban J connectivity index is 2.75. The van der Waals surface area contributed by atoms with E-state index in [1.165, 1.54) is 0 Å². The molecule has 1 amide bonds. The number of carbonyl (C=O) groups is 2. The first-order chi connectivity index (χ1) is 8.91. The number of hydrogen-bond acceptors (Lipinski definition) is 3. The molecule has 0 aromatic carbocycles. The molecule has 0 spiro atoms. The third kappa shape index (κ3) is 4.98. The minimum absolute atomic E-state index is 0.00192. The second-order valence-corrected chi connectivity index (χ2v) is 5.25. The molecule has 0 saturated carbocycles. The summed E-state index contributed by atoms with van der Waals surface area (Å²) >= 11 is 3.23. The Kier molecular flexibility index (Phi) is 5.95. The number of carboxylic acid groups (broad SMARTS) is 1. The van der Waals surface area contributed by atoms with E-state index < -0.39 is 5.97 Å². The van der Waals surface area contributed by atoms with Crippen LogP contribution in [-0.4, -0.2) is 39.5 Å². The lowest BCUT2D eigenvalue weighted by atomic mass is 10.2. The number of rotatable bonds is 6. The topological polar surface area (TPSA) is 70.5 Å². The van der Waals surface area contributed by atoms with Crippen molar-refractivity contribution in [3.8, 4) is 0 Å². The maximum absolute atomic E-state index is 12.3. The van der Waals surface area contributed by atoms with E-state index in [1.807, 2.05) is 13.8 Å². The normalized spacial score (nSPS) is 10.5. The van der Waals surface area contributed by atoms with Gasteiger partial charge in [0.2, 0.25) is 0 Å². The number of amides is 1. The Morgan fingerprint density at radius 3 is 2.63 bits per heavy atom. The van der Waals surface area contributed by atoms with Gasteiger partial charge in [0.25, 0.3) is 5.91 Å². The molecule has 1 N–H and O–H groups in total. The average Bonchev–Trinajstić information content (AvgIpc) is 2.33. The summed E-state index contributed by atoms with van der Waals surface area (Å²) in [5, 5.41) is 8.64. The van der Waals surface area contributed by atoms with Crippen LogP contribution >= 0.6 is 15.9 Å². The van der Waals surface area contributed by atoms with Crippen LogP contribution in [-0.2, 0) is 4.79 Å². The van der Waals surface area contributed by atoms with Gasteiger partial charge in [-0.05, 0) is 48.3 Å². The van der Waals surface area contributed by atoms with Crippen molar-refractivity contribution in [1.82, 2.24) is 9.88 Å². The van der Waals surface area contributed by atoms with Crippen LogP contribution in [0.3, 0.4) is 0 Å². The number of pyridine rings is 1. The van der Waals surface area contributed by atoms with Crippen LogP contribution in [0.1, 0.15) is 37.2 Å². The quantitative estimate of drug-likeness (QED) is 0.814. The van der Waals surface area contributed by atoms with Crippen LogP contribution in [0.2, 0.25) is 0 Å². The van der Waals surface area contributed by atoms with Crippen molar-refractivity contribution < 1.29 is 14.7 Å². The van der Waals surface area contributed by atoms with Crippen LogP contribution in [0.5, 0.6) is 0 Å². The van der Waals surface area contributed by atoms with E-state index >= 15 is 0 Å². The fourth-order valence-electron chi connectivity index (χ4n) is 1.67. The van der Waals surface area contributed by atoms with Gasteiger partial charge in [-0.1, -0.05) is 6.07 Å². The summed E-state index contributed by atoms with van der Waals surface area (Å²) < 4.78 is 0.604. The molecule has 0 aliphatic rings. The fourth-order valence-corrected chi connectivity index (χ4v) is 2.01. The lowest BCUT2D eigenvalue weighted by Gasteiger charge is -2.26. The van der Waals surface area contributed by atoms with Crippen LogP contribution in [0.4, 0.5) is 0 Å². The van der Waals surface area contributed by atoms with Crippen LogP contribution in [0.15, 0.2) is 22.8 Å². The summed E-state index contributed by atoms with van der Waals surface area (Å²) in [4.78, 5) is 28.6. The zero-order chi connectivity index (χ0) is 14.4.